The quantitative estimate of drug-likeness (QED) is 0.884. The minimum Gasteiger partial charge on any atom is -0.325 e. The van der Waals surface area contributed by atoms with Crippen LogP contribution < -0.4 is 10.6 Å². The van der Waals surface area contributed by atoms with Crippen molar-refractivity contribution in [1.29, 1.82) is 0 Å². The Balaban J connectivity index is 1.99. The molecule has 2 N–H and O–H groups in total. The molecule has 0 spiro atoms. The average Bonchev–Trinajstić information content (AvgIpc) is 2.87. The Kier molecular flexibility index (Phi) is 2.82. The monoisotopic (exact) mass is 245 g/mol. The Morgan fingerprint density at radius 1 is 1.35 bits per heavy atom. The van der Waals surface area contributed by atoms with Crippen molar-refractivity contribution in [1.82, 2.24) is 4.98 Å². The summed E-state index contributed by atoms with van der Waals surface area (Å²) in [5.41, 5.74) is 9.31. The van der Waals surface area contributed by atoms with Gasteiger partial charge in [0, 0.05) is 24.2 Å². The molecule has 1 aliphatic rings. The van der Waals surface area contributed by atoms with Gasteiger partial charge in [-0.1, -0.05) is 18.2 Å². The Morgan fingerprint density at radius 2 is 2.24 bits per heavy atom. The molecule has 2 aromatic rings. The Labute approximate surface area is 105 Å². The third kappa shape index (κ3) is 1.94. The van der Waals surface area contributed by atoms with Crippen molar-refractivity contribution in [2.75, 3.05) is 11.4 Å². The van der Waals surface area contributed by atoms with Crippen LogP contribution in [-0.4, -0.2) is 11.5 Å². The maximum Gasteiger partial charge on any atom is 0.190 e. The summed E-state index contributed by atoms with van der Waals surface area (Å²) in [7, 11) is 0. The highest BCUT2D eigenvalue weighted by Crippen LogP contribution is 2.34. The normalized spacial score (nSPS) is 14.8. The van der Waals surface area contributed by atoms with E-state index in [1.807, 2.05) is 5.38 Å². The lowest BCUT2D eigenvalue weighted by atomic mass is 10.0. The van der Waals surface area contributed by atoms with Gasteiger partial charge in [0.2, 0.25) is 0 Å². The largest absolute Gasteiger partial charge is 0.325 e. The van der Waals surface area contributed by atoms with Crippen LogP contribution in [0.2, 0.25) is 0 Å². The summed E-state index contributed by atoms with van der Waals surface area (Å²) in [4.78, 5) is 6.88. The van der Waals surface area contributed by atoms with Gasteiger partial charge >= 0.3 is 0 Å². The van der Waals surface area contributed by atoms with Gasteiger partial charge in [-0.2, -0.15) is 0 Å². The summed E-state index contributed by atoms with van der Waals surface area (Å²) >= 11 is 1.68. The van der Waals surface area contributed by atoms with Crippen LogP contribution in [0.15, 0.2) is 29.6 Å². The Morgan fingerprint density at radius 3 is 3.06 bits per heavy atom. The highest BCUT2D eigenvalue weighted by Gasteiger charge is 2.19. The van der Waals surface area contributed by atoms with Gasteiger partial charge in [-0.05, 0) is 24.5 Å². The van der Waals surface area contributed by atoms with Gasteiger partial charge in [0.1, 0.15) is 0 Å². The van der Waals surface area contributed by atoms with Crippen LogP contribution in [0.25, 0.3) is 0 Å². The van der Waals surface area contributed by atoms with E-state index in [1.54, 1.807) is 11.3 Å². The fourth-order valence-electron chi connectivity index (χ4n) is 2.25. The lowest BCUT2D eigenvalue weighted by Crippen LogP contribution is -2.24. The van der Waals surface area contributed by atoms with Gasteiger partial charge in [0.15, 0.2) is 5.13 Å². The second-order valence-corrected chi connectivity index (χ2v) is 5.05. The van der Waals surface area contributed by atoms with E-state index < -0.39 is 0 Å². The first-order valence-electron chi connectivity index (χ1n) is 5.88. The Bertz CT molecular complexity index is 521. The van der Waals surface area contributed by atoms with E-state index in [0.29, 0.717) is 6.54 Å². The zero-order chi connectivity index (χ0) is 11.7. The van der Waals surface area contributed by atoms with E-state index in [1.165, 1.54) is 24.1 Å². The molecule has 0 saturated heterocycles. The van der Waals surface area contributed by atoms with E-state index in [2.05, 4.69) is 34.1 Å². The van der Waals surface area contributed by atoms with Crippen molar-refractivity contribution >= 4 is 22.2 Å². The van der Waals surface area contributed by atoms with Crippen LogP contribution in [-0.2, 0) is 13.0 Å². The fraction of sp³-hybridized carbons (Fsp3) is 0.308. The second-order valence-electron chi connectivity index (χ2n) is 4.21. The predicted molar refractivity (Wildman–Crippen MR) is 71.8 cm³/mol. The number of hydrogen-bond acceptors (Lipinski definition) is 4. The van der Waals surface area contributed by atoms with Gasteiger partial charge in [-0.15, -0.1) is 11.3 Å². The summed E-state index contributed by atoms with van der Waals surface area (Å²) in [5.74, 6) is 0. The molecule has 0 fully saturated rings. The summed E-state index contributed by atoms with van der Waals surface area (Å²) < 4.78 is 0. The first-order valence-corrected chi connectivity index (χ1v) is 6.76. The molecular formula is C13H15N3S. The molecule has 3 rings (SSSR count). The molecule has 3 nitrogen and oxygen atoms in total. The average molecular weight is 245 g/mol. The molecule has 17 heavy (non-hydrogen) atoms. The number of thiazole rings is 1. The predicted octanol–water partition coefficient (Wildman–Crippen LogP) is 2.69. The van der Waals surface area contributed by atoms with Crippen LogP contribution in [0.1, 0.15) is 17.7 Å². The topological polar surface area (TPSA) is 42.1 Å². The van der Waals surface area contributed by atoms with E-state index >= 15 is 0 Å². The molecule has 0 unspecified atom stereocenters. The minimum absolute atomic E-state index is 0.520. The zero-order valence-corrected chi connectivity index (χ0v) is 10.4. The first kappa shape index (κ1) is 10.7. The molecule has 0 bridgehead atoms. The smallest absolute Gasteiger partial charge is 0.190 e. The van der Waals surface area contributed by atoms with Crippen molar-refractivity contribution in [3.05, 3.63) is 40.9 Å². The summed E-state index contributed by atoms with van der Waals surface area (Å²) in [6.45, 7) is 1.57. The van der Waals surface area contributed by atoms with Crippen molar-refractivity contribution in [2.24, 2.45) is 5.73 Å². The molecule has 0 amide bonds. The van der Waals surface area contributed by atoms with Crippen LogP contribution in [0.4, 0.5) is 10.8 Å². The van der Waals surface area contributed by atoms with Crippen molar-refractivity contribution < 1.29 is 0 Å². The van der Waals surface area contributed by atoms with Crippen molar-refractivity contribution in [3.8, 4) is 0 Å². The zero-order valence-electron chi connectivity index (χ0n) is 9.60. The number of para-hydroxylation sites is 1. The molecule has 1 aromatic heterocycles. The Hall–Kier alpha value is -1.39. The summed E-state index contributed by atoms with van der Waals surface area (Å²) in [6.07, 6.45) is 2.36. The molecule has 4 heteroatoms. The molecule has 1 aromatic carbocycles. The molecule has 0 atom stereocenters. The third-order valence-electron chi connectivity index (χ3n) is 3.09. The highest BCUT2D eigenvalue weighted by molar-refractivity contribution is 7.13. The lowest BCUT2D eigenvalue weighted by Gasteiger charge is -2.28. The standard InChI is InChI=1S/C13H15N3S/c14-8-11-9-17-13(15-11)16-7-3-5-10-4-1-2-6-12(10)16/h1-2,4,6,9H,3,5,7-8,14H2. The number of aryl methyl sites for hydroxylation is 1. The van der Waals surface area contributed by atoms with E-state index in [4.69, 9.17) is 5.73 Å². The van der Waals surface area contributed by atoms with Crippen LogP contribution >= 0.6 is 11.3 Å². The van der Waals surface area contributed by atoms with Gasteiger partial charge < -0.3 is 10.6 Å². The van der Waals surface area contributed by atoms with Crippen LogP contribution in [0.5, 0.6) is 0 Å². The number of benzene rings is 1. The van der Waals surface area contributed by atoms with Crippen molar-refractivity contribution in [3.63, 3.8) is 0 Å². The highest BCUT2D eigenvalue weighted by atomic mass is 32.1. The SMILES string of the molecule is NCc1csc(N2CCCc3ccccc32)n1. The van der Waals surface area contributed by atoms with Gasteiger partial charge in [0.05, 0.1) is 5.69 Å². The van der Waals surface area contributed by atoms with Gasteiger partial charge in [-0.25, -0.2) is 4.98 Å². The lowest BCUT2D eigenvalue weighted by molar-refractivity contribution is 0.763. The molecule has 0 radical (unpaired) electrons. The van der Waals surface area contributed by atoms with Gasteiger partial charge in [0.25, 0.3) is 0 Å². The number of rotatable bonds is 2. The van der Waals surface area contributed by atoms with Crippen LogP contribution in [0, 0.1) is 0 Å². The maximum atomic E-state index is 5.61. The van der Waals surface area contributed by atoms with E-state index in [-0.39, 0.29) is 0 Å². The molecular weight excluding hydrogens is 230 g/mol. The molecule has 0 aliphatic carbocycles. The number of anilines is 2. The summed E-state index contributed by atoms with van der Waals surface area (Å²) in [6, 6.07) is 8.58. The number of nitrogens with two attached hydrogens (primary N) is 1. The molecule has 1 aliphatic heterocycles. The number of aromatic nitrogens is 1. The molecule has 0 saturated carbocycles. The van der Waals surface area contributed by atoms with E-state index in [9.17, 15) is 0 Å². The second kappa shape index (κ2) is 4.47. The first-order chi connectivity index (χ1) is 8.38. The molecule has 88 valence electrons. The number of fused-ring (bicyclic) bond motifs is 1. The number of nitrogens with zero attached hydrogens (tertiary/aromatic N) is 2. The summed E-state index contributed by atoms with van der Waals surface area (Å²) in [5, 5.41) is 3.12. The van der Waals surface area contributed by atoms with Crippen LogP contribution in [0.3, 0.4) is 0 Å². The maximum absolute atomic E-state index is 5.61. The van der Waals surface area contributed by atoms with Gasteiger partial charge in [-0.3, -0.25) is 0 Å². The number of hydrogen-bond donors (Lipinski definition) is 1. The fourth-order valence-corrected chi connectivity index (χ4v) is 3.12. The van der Waals surface area contributed by atoms with E-state index in [0.717, 1.165) is 17.4 Å². The minimum atomic E-state index is 0.520. The third-order valence-corrected chi connectivity index (χ3v) is 4.00. The van der Waals surface area contributed by atoms with Crippen molar-refractivity contribution in [2.45, 2.75) is 19.4 Å². The molecule has 2 heterocycles.